The number of para-hydroxylation sites is 1. The van der Waals surface area contributed by atoms with Crippen molar-refractivity contribution in [3.63, 3.8) is 0 Å². The number of fused-ring (bicyclic) bond motifs is 1. The summed E-state index contributed by atoms with van der Waals surface area (Å²) in [5.74, 6) is -1.50. The Kier molecular flexibility index (Phi) is 4.67. The van der Waals surface area contributed by atoms with Crippen molar-refractivity contribution in [2.24, 2.45) is 0 Å². The van der Waals surface area contributed by atoms with Crippen LogP contribution in [0.15, 0.2) is 29.4 Å². The highest BCUT2D eigenvalue weighted by Gasteiger charge is 2.21. The van der Waals surface area contributed by atoms with E-state index in [-0.39, 0.29) is 0 Å². The van der Waals surface area contributed by atoms with Gasteiger partial charge >= 0.3 is 0 Å². The highest BCUT2D eigenvalue weighted by Crippen LogP contribution is 2.25. The van der Waals surface area contributed by atoms with E-state index in [0.717, 1.165) is 29.6 Å². The molecule has 3 aromatic rings. The molecule has 0 aliphatic rings. The topological polar surface area (TPSA) is 72.2 Å². The van der Waals surface area contributed by atoms with Crippen LogP contribution in [0.5, 0.6) is 0 Å². The van der Waals surface area contributed by atoms with E-state index in [2.05, 4.69) is 20.5 Å². The second-order valence-corrected chi connectivity index (χ2v) is 6.77. The summed E-state index contributed by atoms with van der Waals surface area (Å²) in [4.78, 5) is 16.6. The van der Waals surface area contributed by atoms with Gasteiger partial charge in [-0.1, -0.05) is 17.8 Å². The Morgan fingerprint density at radius 3 is 2.60 bits per heavy atom. The molecule has 2 heterocycles. The van der Waals surface area contributed by atoms with Crippen molar-refractivity contribution >= 4 is 29.0 Å². The lowest BCUT2D eigenvalue weighted by atomic mass is 10.3. The average molecular weight is 363 g/mol. The molecular weight excluding hydrogens is 348 g/mol. The van der Waals surface area contributed by atoms with Crippen LogP contribution in [0, 0.1) is 25.5 Å². The van der Waals surface area contributed by atoms with Gasteiger partial charge in [-0.25, -0.2) is 13.8 Å². The number of amides is 1. The predicted octanol–water partition coefficient (Wildman–Crippen LogP) is 3.14. The summed E-state index contributed by atoms with van der Waals surface area (Å²) >= 11 is 1.13. The van der Waals surface area contributed by atoms with Crippen LogP contribution in [0.4, 0.5) is 14.5 Å². The zero-order valence-corrected chi connectivity index (χ0v) is 14.6. The summed E-state index contributed by atoms with van der Waals surface area (Å²) in [6.07, 6.45) is 0. The number of hydrogen-bond acceptors (Lipinski definition) is 5. The molecule has 25 heavy (non-hydrogen) atoms. The van der Waals surface area contributed by atoms with Gasteiger partial charge in [-0.15, -0.1) is 10.2 Å². The second-order valence-electron chi connectivity index (χ2n) is 5.47. The van der Waals surface area contributed by atoms with E-state index in [1.165, 1.54) is 6.07 Å². The monoisotopic (exact) mass is 363 g/mol. The number of carbonyl (C=O) groups excluding carboxylic acids is 1. The first-order valence-corrected chi connectivity index (χ1v) is 8.35. The zero-order valence-electron chi connectivity index (χ0n) is 13.7. The quantitative estimate of drug-likeness (QED) is 0.721. The standard InChI is InChI=1S/C16H15F2N5OS/c1-8-7-13-21-22-16(23(13)10(3)19-8)25-9(2)15(24)20-14-11(17)5-4-6-12(14)18/h4-7,9H,1-3H3,(H,20,24). The molecule has 0 saturated carbocycles. The third kappa shape index (κ3) is 3.46. The number of nitrogens with one attached hydrogen (secondary N) is 1. The molecule has 0 bridgehead atoms. The van der Waals surface area contributed by atoms with Gasteiger partial charge in [0.25, 0.3) is 0 Å². The zero-order chi connectivity index (χ0) is 18.1. The normalized spacial score (nSPS) is 12.4. The minimum atomic E-state index is -0.825. The summed E-state index contributed by atoms with van der Waals surface area (Å²) < 4.78 is 29.0. The van der Waals surface area contributed by atoms with Crippen LogP contribution in [0.3, 0.4) is 0 Å². The molecule has 1 N–H and O–H groups in total. The number of thioether (sulfide) groups is 1. The maximum absolute atomic E-state index is 13.7. The van der Waals surface area contributed by atoms with E-state index < -0.39 is 28.5 Å². The Hall–Kier alpha value is -2.55. The molecule has 0 spiro atoms. The Morgan fingerprint density at radius 1 is 1.24 bits per heavy atom. The highest BCUT2D eigenvalue weighted by atomic mass is 32.2. The molecule has 0 fully saturated rings. The largest absolute Gasteiger partial charge is 0.320 e. The molecule has 3 rings (SSSR count). The Morgan fingerprint density at radius 2 is 1.92 bits per heavy atom. The van der Waals surface area contributed by atoms with E-state index in [1.54, 1.807) is 17.4 Å². The van der Waals surface area contributed by atoms with Gasteiger partial charge in [0.1, 0.15) is 23.1 Å². The van der Waals surface area contributed by atoms with E-state index >= 15 is 0 Å². The minimum absolute atomic E-state index is 0.459. The van der Waals surface area contributed by atoms with Crippen LogP contribution in [0.2, 0.25) is 0 Å². The summed E-state index contributed by atoms with van der Waals surface area (Å²) in [5.41, 5.74) is 0.981. The fourth-order valence-electron chi connectivity index (χ4n) is 2.33. The molecule has 0 aliphatic heterocycles. The Balaban J connectivity index is 1.80. The number of benzene rings is 1. The van der Waals surface area contributed by atoms with Crippen LogP contribution in [0.25, 0.3) is 5.65 Å². The van der Waals surface area contributed by atoms with Crippen LogP contribution < -0.4 is 5.32 Å². The molecule has 2 aromatic heterocycles. The van der Waals surface area contributed by atoms with Crippen molar-refractivity contribution in [3.05, 3.63) is 47.4 Å². The average Bonchev–Trinajstić information content (AvgIpc) is 2.93. The number of hydrogen-bond donors (Lipinski definition) is 1. The maximum Gasteiger partial charge on any atom is 0.237 e. The number of carbonyl (C=O) groups is 1. The fourth-order valence-corrected chi connectivity index (χ4v) is 3.23. The van der Waals surface area contributed by atoms with Gasteiger partial charge in [0, 0.05) is 11.8 Å². The highest BCUT2D eigenvalue weighted by molar-refractivity contribution is 8.00. The number of aryl methyl sites for hydroxylation is 2. The molecule has 1 unspecified atom stereocenters. The first-order chi connectivity index (χ1) is 11.9. The van der Waals surface area contributed by atoms with Gasteiger partial charge in [0.15, 0.2) is 10.8 Å². The molecular formula is C16H15F2N5OS. The number of nitrogens with zero attached hydrogens (tertiary/aromatic N) is 4. The summed E-state index contributed by atoms with van der Waals surface area (Å²) in [7, 11) is 0. The lowest BCUT2D eigenvalue weighted by Crippen LogP contribution is -2.24. The van der Waals surface area contributed by atoms with Crippen LogP contribution in [0.1, 0.15) is 18.4 Å². The first kappa shape index (κ1) is 17.3. The number of halogens is 2. The van der Waals surface area contributed by atoms with Crippen molar-refractivity contribution in [1.82, 2.24) is 19.6 Å². The van der Waals surface area contributed by atoms with E-state index in [0.29, 0.717) is 16.6 Å². The molecule has 6 nitrogen and oxygen atoms in total. The van der Waals surface area contributed by atoms with Gasteiger partial charge in [-0.05, 0) is 32.9 Å². The molecule has 0 radical (unpaired) electrons. The van der Waals surface area contributed by atoms with Gasteiger partial charge in [0.2, 0.25) is 5.91 Å². The maximum atomic E-state index is 13.7. The van der Waals surface area contributed by atoms with Crippen LogP contribution in [-0.4, -0.2) is 30.7 Å². The summed E-state index contributed by atoms with van der Waals surface area (Å²) in [5, 5.41) is 10.3. The molecule has 1 amide bonds. The Labute approximate surface area is 146 Å². The van der Waals surface area contributed by atoms with Crippen molar-refractivity contribution in [3.8, 4) is 0 Å². The smallest absolute Gasteiger partial charge is 0.237 e. The molecule has 0 aliphatic carbocycles. The number of aromatic nitrogens is 4. The van der Waals surface area contributed by atoms with Gasteiger partial charge in [-0.3, -0.25) is 9.20 Å². The van der Waals surface area contributed by atoms with Gasteiger partial charge in [0.05, 0.1) is 5.25 Å². The predicted molar refractivity (Wildman–Crippen MR) is 90.6 cm³/mol. The van der Waals surface area contributed by atoms with Gasteiger partial charge < -0.3 is 5.32 Å². The van der Waals surface area contributed by atoms with Crippen molar-refractivity contribution < 1.29 is 13.6 Å². The van der Waals surface area contributed by atoms with Gasteiger partial charge in [-0.2, -0.15) is 0 Å². The summed E-state index contributed by atoms with van der Waals surface area (Å²) in [6, 6.07) is 5.18. The van der Waals surface area contributed by atoms with E-state index in [4.69, 9.17) is 0 Å². The minimum Gasteiger partial charge on any atom is -0.320 e. The summed E-state index contributed by atoms with van der Waals surface area (Å²) in [6.45, 7) is 5.29. The fraction of sp³-hybridized carbons (Fsp3) is 0.250. The van der Waals surface area contributed by atoms with E-state index in [9.17, 15) is 13.6 Å². The molecule has 0 saturated heterocycles. The Bertz CT molecular complexity index is 939. The number of rotatable bonds is 4. The number of anilines is 1. The van der Waals surface area contributed by atoms with Crippen molar-refractivity contribution in [2.75, 3.05) is 5.32 Å². The van der Waals surface area contributed by atoms with Crippen LogP contribution in [-0.2, 0) is 4.79 Å². The molecule has 130 valence electrons. The van der Waals surface area contributed by atoms with Crippen molar-refractivity contribution in [1.29, 1.82) is 0 Å². The van der Waals surface area contributed by atoms with Crippen molar-refractivity contribution in [2.45, 2.75) is 31.2 Å². The lowest BCUT2D eigenvalue weighted by molar-refractivity contribution is -0.115. The molecule has 9 heteroatoms. The SMILES string of the molecule is Cc1cc2nnc(SC(C)C(=O)Nc3c(F)cccc3F)n2c(C)n1. The molecule has 1 atom stereocenters. The lowest BCUT2D eigenvalue weighted by Gasteiger charge is -2.12. The second kappa shape index (κ2) is 6.75. The van der Waals surface area contributed by atoms with Crippen LogP contribution >= 0.6 is 11.8 Å². The first-order valence-electron chi connectivity index (χ1n) is 7.47. The third-order valence-electron chi connectivity index (χ3n) is 3.52. The molecule has 1 aromatic carbocycles. The van der Waals surface area contributed by atoms with E-state index in [1.807, 2.05) is 13.8 Å². The third-order valence-corrected chi connectivity index (χ3v) is 4.56.